The van der Waals surface area contributed by atoms with E-state index in [0.717, 1.165) is 5.56 Å². The maximum absolute atomic E-state index is 12.9. The van der Waals surface area contributed by atoms with Gasteiger partial charge in [-0.1, -0.05) is 30.3 Å². The molecule has 1 fully saturated rings. The van der Waals surface area contributed by atoms with Crippen molar-refractivity contribution in [1.29, 1.82) is 0 Å². The Morgan fingerprint density at radius 1 is 1.13 bits per heavy atom. The molecule has 0 aliphatic carbocycles. The lowest BCUT2D eigenvalue weighted by Crippen LogP contribution is -2.47. The highest BCUT2D eigenvalue weighted by Crippen LogP contribution is 2.38. The highest BCUT2D eigenvalue weighted by molar-refractivity contribution is 6.39. The van der Waals surface area contributed by atoms with Crippen LogP contribution in [0.4, 0.5) is 18.9 Å². The number of aromatic nitrogens is 1. The number of carbonyl (C=O) groups is 3. The van der Waals surface area contributed by atoms with Crippen molar-refractivity contribution in [2.24, 2.45) is 11.7 Å². The van der Waals surface area contributed by atoms with Crippen LogP contribution < -0.4 is 11.1 Å². The van der Waals surface area contributed by atoms with E-state index in [1.807, 2.05) is 0 Å². The fraction of sp³-hybridized carbons (Fsp3) is 0.333. The minimum absolute atomic E-state index is 0.0376. The molecule has 3 rings (SSSR count). The van der Waals surface area contributed by atoms with Gasteiger partial charge < -0.3 is 16.0 Å². The van der Waals surface area contributed by atoms with Crippen molar-refractivity contribution in [1.82, 2.24) is 9.88 Å². The van der Waals surface area contributed by atoms with Gasteiger partial charge >= 0.3 is 18.0 Å². The number of piperidine rings is 1. The van der Waals surface area contributed by atoms with E-state index in [4.69, 9.17) is 5.73 Å². The Kier molecular flexibility index (Phi) is 6.57. The number of amides is 3. The number of nitrogens with two attached hydrogens (primary N) is 1. The van der Waals surface area contributed by atoms with Gasteiger partial charge in [-0.15, -0.1) is 0 Å². The lowest BCUT2D eigenvalue weighted by atomic mass is 9.87. The van der Waals surface area contributed by atoms with Crippen molar-refractivity contribution in [3.05, 3.63) is 59.9 Å². The molecule has 0 radical (unpaired) electrons. The number of anilines is 1. The van der Waals surface area contributed by atoms with Crippen LogP contribution in [0.3, 0.4) is 0 Å². The molecule has 2 atom stereocenters. The minimum Gasteiger partial charge on any atom is -0.366 e. The smallest absolute Gasteiger partial charge is 0.366 e. The molecule has 1 aliphatic heterocycles. The number of hydrogen-bond donors (Lipinski definition) is 2. The van der Waals surface area contributed by atoms with Gasteiger partial charge in [-0.2, -0.15) is 13.2 Å². The molecular formula is C21H21F3N4O3. The number of nitrogens with one attached hydrogen (secondary N) is 1. The van der Waals surface area contributed by atoms with E-state index in [2.05, 4.69) is 10.3 Å². The third-order valence-electron chi connectivity index (χ3n) is 5.12. The second-order valence-electron chi connectivity index (χ2n) is 7.43. The minimum atomic E-state index is -4.36. The monoisotopic (exact) mass is 434 g/mol. The molecule has 3 N–H and O–H groups in total. The quantitative estimate of drug-likeness (QED) is 0.722. The molecule has 0 unspecified atom stereocenters. The maximum atomic E-state index is 12.9. The molecule has 10 heteroatoms. The Bertz CT molecular complexity index is 966. The van der Waals surface area contributed by atoms with Crippen molar-refractivity contribution in [3.8, 4) is 0 Å². The fourth-order valence-corrected chi connectivity index (χ4v) is 3.74. The maximum Gasteiger partial charge on any atom is 0.389 e. The molecule has 164 valence electrons. The number of rotatable bonds is 4. The fourth-order valence-electron chi connectivity index (χ4n) is 3.74. The molecule has 1 aromatic heterocycles. The number of primary amides is 1. The second kappa shape index (κ2) is 9.15. The van der Waals surface area contributed by atoms with Gasteiger partial charge in [0.15, 0.2) is 0 Å². The molecule has 31 heavy (non-hydrogen) atoms. The highest BCUT2D eigenvalue weighted by Gasteiger charge is 2.40. The van der Waals surface area contributed by atoms with Crippen molar-refractivity contribution in [2.45, 2.75) is 31.5 Å². The van der Waals surface area contributed by atoms with Crippen molar-refractivity contribution >= 4 is 23.4 Å². The Hall–Kier alpha value is -3.43. The van der Waals surface area contributed by atoms with Crippen LogP contribution in [-0.4, -0.2) is 40.3 Å². The Balaban J connectivity index is 1.81. The molecular weight excluding hydrogens is 413 g/mol. The topological polar surface area (TPSA) is 105 Å². The van der Waals surface area contributed by atoms with Crippen LogP contribution in [0.2, 0.25) is 0 Å². The van der Waals surface area contributed by atoms with E-state index in [0.29, 0.717) is 6.42 Å². The zero-order chi connectivity index (χ0) is 22.6. The third kappa shape index (κ3) is 5.80. The van der Waals surface area contributed by atoms with Crippen LogP contribution in [0.1, 0.15) is 41.2 Å². The number of halogens is 3. The van der Waals surface area contributed by atoms with Crippen LogP contribution in [0.15, 0.2) is 48.8 Å². The predicted octanol–water partition coefficient (Wildman–Crippen LogP) is 3.05. The van der Waals surface area contributed by atoms with Gasteiger partial charge in [0.05, 0.1) is 23.5 Å². The summed E-state index contributed by atoms with van der Waals surface area (Å²) in [7, 11) is 0. The van der Waals surface area contributed by atoms with E-state index in [1.165, 1.54) is 23.4 Å². The lowest BCUT2D eigenvalue weighted by molar-refractivity contribution is -0.157. The zero-order valence-corrected chi connectivity index (χ0v) is 16.4. The molecule has 2 aromatic rings. The van der Waals surface area contributed by atoms with Crippen LogP contribution in [-0.2, 0) is 9.59 Å². The van der Waals surface area contributed by atoms with Gasteiger partial charge in [0.25, 0.3) is 0 Å². The van der Waals surface area contributed by atoms with Crippen LogP contribution in [0.25, 0.3) is 0 Å². The molecule has 2 heterocycles. The van der Waals surface area contributed by atoms with Crippen LogP contribution >= 0.6 is 0 Å². The van der Waals surface area contributed by atoms with Crippen LogP contribution in [0.5, 0.6) is 0 Å². The second-order valence-corrected chi connectivity index (χ2v) is 7.43. The first kappa shape index (κ1) is 22.3. The normalized spacial score (nSPS) is 19.0. The Morgan fingerprint density at radius 2 is 1.84 bits per heavy atom. The largest absolute Gasteiger partial charge is 0.389 e. The van der Waals surface area contributed by atoms with Crippen molar-refractivity contribution in [3.63, 3.8) is 0 Å². The van der Waals surface area contributed by atoms with Crippen LogP contribution in [0, 0.1) is 5.92 Å². The van der Waals surface area contributed by atoms with Gasteiger partial charge in [0.1, 0.15) is 0 Å². The highest BCUT2D eigenvalue weighted by atomic mass is 19.4. The molecule has 0 spiro atoms. The molecule has 0 bridgehead atoms. The number of benzene rings is 1. The molecule has 0 saturated carbocycles. The standard InChI is InChI=1S/C21H21F3N4O3/c22-21(23,24)9-13-6-7-17(14-4-2-1-3-5-14)28(12-13)20(31)19(30)27-16-8-15(18(25)29)10-26-11-16/h1-5,8,10-11,13,17H,6-7,9,12H2,(H2,25,29)(H,27,30)/t13-,17+/m1/s1. The summed E-state index contributed by atoms with van der Waals surface area (Å²) in [6.07, 6.45) is -2.35. The van der Waals surface area contributed by atoms with Gasteiger partial charge in [0, 0.05) is 19.2 Å². The molecule has 1 aliphatic rings. The van der Waals surface area contributed by atoms with E-state index in [9.17, 15) is 27.6 Å². The number of alkyl halides is 3. The van der Waals surface area contributed by atoms with Crippen molar-refractivity contribution < 1.29 is 27.6 Å². The number of nitrogens with zero attached hydrogens (tertiary/aromatic N) is 2. The molecule has 1 aromatic carbocycles. The van der Waals surface area contributed by atoms with Gasteiger partial charge in [-0.3, -0.25) is 19.4 Å². The number of pyridine rings is 1. The summed E-state index contributed by atoms with van der Waals surface area (Å²) in [5.41, 5.74) is 6.04. The number of likely N-dealkylation sites (tertiary alicyclic amines) is 1. The van der Waals surface area contributed by atoms with Gasteiger partial charge in [-0.05, 0) is 30.4 Å². The predicted molar refractivity (Wildman–Crippen MR) is 106 cm³/mol. The average molecular weight is 434 g/mol. The summed E-state index contributed by atoms with van der Waals surface area (Å²) in [6, 6.07) is 9.61. The number of hydrogen-bond acceptors (Lipinski definition) is 4. The van der Waals surface area contributed by atoms with E-state index >= 15 is 0 Å². The summed E-state index contributed by atoms with van der Waals surface area (Å²) in [4.78, 5) is 41.8. The third-order valence-corrected chi connectivity index (χ3v) is 5.12. The summed E-state index contributed by atoms with van der Waals surface area (Å²) in [5.74, 6) is -3.54. The van der Waals surface area contributed by atoms with Gasteiger partial charge in [-0.25, -0.2) is 0 Å². The molecule has 7 nitrogen and oxygen atoms in total. The van der Waals surface area contributed by atoms with Crippen molar-refractivity contribution in [2.75, 3.05) is 11.9 Å². The van der Waals surface area contributed by atoms with E-state index in [1.54, 1.807) is 30.3 Å². The van der Waals surface area contributed by atoms with Gasteiger partial charge in [0.2, 0.25) is 5.91 Å². The first-order valence-electron chi connectivity index (χ1n) is 9.62. The SMILES string of the molecule is NC(=O)c1cncc(NC(=O)C(=O)N2C[C@@H](CC(F)(F)F)CC[C@H]2c2ccccc2)c1. The molecule has 3 amide bonds. The Labute approximate surface area is 176 Å². The summed E-state index contributed by atoms with van der Waals surface area (Å²) < 4.78 is 38.7. The first-order chi connectivity index (χ1) is 14.6. The number of carbonyl (C=O) groups excluding carboxylic acids is 3. The Morgan fingerprint density at radius 3 is 2.48 bits per heavy atom. The van der Waals surface area contributed by atoms with E-state index in [-0.39, 0.29) is 24.2 Å². The molecule has 1 saturated heterocycles. The average Bonchev–Trinajstić information content (AvgIpc) is 2.72. The zero-order valence-electron chi connectivity index (χ0n) is 16.4. The summed E-state index contributed by atoms with van der Waals surface area (Å²) in [6.45, 7) is -0.190. The van der Waals surface area contributed by atoms with E-state index < -0.39 is 42.3 Å². The first-order valence-corrected chi connectivity index (χ1v) is 9.62. The summed E-state index contributed by atoms with van der Waals surface area (Å²) in [5, 5.41) is 2.35. The summed E-state index contributed by atoms with van der Waals surface area (Å²) >= 11 is 0. The lowest BCUT2D eigenvalue weighted by Gasteiger charge is -2.39.